The highest BCUT2D eigenvalue weighted by molar-refractivity contribution is 5.85. The molecule has 0 aliphatic carbocycles. The van der Waals surface area contributed by atoms with Gasteiger partial charge in [-0.1, -0.05) is 6.07 Å². The van der Waals surface area contributed by atoms with Crippen molar-refractivity contribution in [3.63, 3.8) is 0 Å². The zero-order valence-electron chi connectivity index (χ0n) is 15.7. The largest absolute Gasteiger partial charge is 0.384 e. The molecule has 0 aliphatic heterocycles. The lowest BCUT2D eigenvalue weighted by atomic mass is 10.1. The van der Waals surface area contributed by atoms with E-state index in [1.54, 1.807) is 12.3 Å². The number of nitrogens with zero attached hydrogens (tertiary/aromatic N) is 5. The molecular weight excluding hydrogens is 362 g/mol. The average molecular weight is 379 g/mol. The first-order chi connectivity index (χ1) is 14.2. The fourth-order valence-corrected chi connectivity index (χ4v) is 3.25. The number of hydrogen-bond acceptors (Lipinski definition) is 6. The number of nitrogen functional groups attached to an aromatic ring is 1. The molecule has 0 saturated carbocycles. The van der Waals surface area contributed by atoms with Crippen molar-refractivity contribution < 1.29 is 0 Å². The van der Waals surface area contributed by atoms with E-state index in [2.05, 4.69) is 25.1 Å². The second-order valence-corrected chi connectivity index (χ2v) is 6.74. The Morgan fingerprint density at radius 3 is 2.55 bits per heavy atom. The Bertz CT molecular complexity index is 1320. The normalized spacial score (nSPS) is 11.1. The Morgan fingerprint density at radius 2 is 1.72 bits per heavy atom. The summed E-state index contributed by atoms with van der Waals surface area (Å²) in [7, 11) is 0. The van der Waals surface area contributed by atoms with Crippen LogP contribution in [0.25, 0.3) is 44.8 Å². The van der Waals surface area contributed by atoms with Gasteiger partial charge >= 0.3 is 0 Å². The van der Waals surface area contributed by atoms with E-state index in [9.17, 15) is 0 Å². The number of H-pyrrole nitrogens is 1. The van der Waals surface area contributed by atoms with E-state index in [0.717, 1.165) is 50.5 Å². The number of nitrogens with two attached hydrogens (primary N) is 1. The van der Waals surface area contributed by atoms with E-state index in [4.69, 9.17) is 10.7 Å². The van der Waals surface area contributed by atoms with Crippen LogP contribution in [0.15, 0.2) is 67.1 Å². The first-order valence-corrected chi connectivity index (χ1v) is 9.14. The van der Waals surface area contributed by atoms with Crippen molar-refractivity contribution in [2.24, 2.45) is 0 Å². The molecule has 0 fully saturated rings. The molecule has 7 heteroatoms. The molecule has 5 rings (SSSR count). The van der Waals surface area contributed by atoms with Gasteiger partial charge < -0.3 is 5.73 Å². The van der Waals surface area contributed by atoms with Gasteiger partial charge in [0, 0.05) is 41.0 Å². The molecule has 0 saturated heterocycles. The number of hydrogen-bond donors (Lipinski definition) is 2. The lowest BCUT2D eigenvalue weighted by Crippen LogP contribution is -1.92. The van der Waals surface area contributed by atoms with E-state index in [1.165, 1.54) is 0 Å². The molecule has 5 aromatic heterocycles. The molecule has 0 aromatic carbocycles. The van der Waals surface area contributed by atoms with Gasteiger partial charge in [0.05, 0.1) is 22.4 Å². The van der Waals surface area contributed by atoms with E-state index in [0.29, 0.717) is 5.82 Å². The van der Waals surface area contributed by atoms with Crippen LogP contribution in [-0.4, -0.2) is 30.1 Å². The number of aromatic amines is 1. The van der Waals surface area contributed by atoms with Crippen molar-refractivity contribution >= 4 is 16.9 Å². The highest BCUT2D eigenvalue weighted by atomic mass is 15.1. The third-order valence-electron chi connectivity index (χ3n) is 4.70. The summed E-state index contributed by atoms with van der Waals surface area (Å²) < 4.78 is 0. The molecule has 7 nitrogen and oxygen atoms in total. The van der Waals surface area contributed by atoms with Crippen molar-refractivity contribution in [1.29, 1.82) is 0 Å². The SMILES string of the molecule is Cc1cccc(-c2n[nH]cc2-c2ccc3ncc(-c4ccc(N)nc4)cc3n2)n1. The van der Waals surface area contributed by atoms with Gasteiger partial charge in [0.25, 0.3) is 0 Å². The van der Waals surface area contributed by atoms with E-state index >= 15 is 0 Å². The predicted molar refractivity (Wildman–Crippen MR) is 113 cm³/mol. The molecular formula is C22H17N7. The van der Waals surface area contributed by atoms with Gasteiger partial charge in [0.15, 0.2) is 0 Å². The monoisotopic (exact) mass is 379 g/mol. The number of rotatable bonds is 3. The van der Waals surface area contributed by atoms with Gasteiger partial charge in [-0.2, -0.15) is 5.10 Å². The minimum Gasteiger partial charge on any atom is -0.384 e. The number of anilines is 1. The summed E-state index contributed by atoms with van der Waals surface area (Å²) in [6.07, 6.45) is 5.39. The summed E-state index contributed by atoms with van der Waals surface area (Å²) in [4.78, 5) is 18.1. The summed E-state index contributed by atoms with van der Waals surface area (Å²) >= 11 is 0. The third-order valence-corrected chi connectivity index (χ3v) is 4.70. The summed E-state index contributed by atoms with van der Waals surface area (Å²) in [5.74, 6) is 0.486. The van der Waals surface area contributed by atoms with Crippen molar-refractivity contribution in [1.82, 2.24) is 30.1 Å². The van der Waals surface area contributed by atoms with Crippen LogP contribution >= 0.6 is 0 Å². The zero-order valence-corrected chi connectivity index (χ0v) is 15.7. The van der Waals surface area contributed by atoms with Crippen LogP contribution in [0.1, 0.15) is 5.69 Å². The van der Waals surface area contributed by atoms with Crippen LogP contribution in [0, 0.1) is 6.92 Å². The Hall–Kier alpha value is -4.13. The number of aryl methyl sites for hydroxylation is 1. The van der Waals surface area contributed by atoms with E-state index < -0.39 is 0 Å². The lowest BCUT2D eigenvalue weighted by Gasteiger charge is -2.06. The van der Waals surface area contributed by atoms with Gasteiger partial charge in [0.2, 0.25) is 0 Å². The summed E-state index contributed by atoms with van der Waals surface area (Å²) in [5.41, 5.74) is 13.4. The standard InChI is InChI=1S/C22H17N7/c1-13-3-2-4-19(27-13)22-16(12-26-29-22)17-6-7-18-20(28-17)9-15(11-24-18)14-5-8-21(23)25-10-14/h2-12H,1H3,(H2,23,25)(H,26,29). The van der Waals surface area contributed by atoms with Crippen LogP contribution in [0.5, 0.6) is 0 Å². The number of nitrogens with one attached hydrogen (secondary N) is 1. The molecule has 5 heterocycles. The number of pyridine rings is 4. The van der Waals surface area contributed by atoms with Crippen molar-refractivity contribution in [3.8, 4) is 33.8 Å². The summed E-state index contributed by atoms with van der Waals surface area (Å²) in [6.45, 7) is 1.96. The Morgan fingerprint density at radius 1 is 0.828 bits per heavy atom. The topological polar surface area (TPSA) is 106 Å². The molecule has 0 unspecified atom stereocenters. The highest BCUT2D eigenvalue weighted by Crippen LogP contribution is 2.30. The predicted octanol–water partition coefficient (Wildman–Crippen LogP) is 4.03. The molecule has 0 bridgehead atoms. The fourth-order valence-electron chi connectivity index (χ4n) is 3.25. The zero-order chi connectivity index (χ0) is 19.8. The van der Waals surface area contributed by atoms with Gasteiger partial charge in [-0.15, -0.1) is 0 Å². The Kier molecular flexibility index (Phi) is 3.98. The summed E-state index contributed by atoms with van der Waals surface area (Å²) in [6, 6.07) is 15.5. The molecule has 5 aromatic rings. The van der Waals surface area contributed by atoms with Crippen LogP contribution in [0.2, 0.25) is 0 Å². The highest BCUT2D eigenvalue weighted by Gasteiger charge is 2.14. The first-order valence-electron chi connectivity index (χ1n) is 9.14. The van der Waals surface area contributed by atoms with Crippen molar-refractivity contribution in [3.05, 3.63) is 72.8 Å². The van der Waals surface area contributed by atoms with Crippen LogP contribution in [0.3, 0.4) is 0 Å². The van der Waals surface area contributed by atoms with Gasteiger partial charge in [-0.25, -0.2) is 9.97 Å². The van der Waals surface area contributed by atoms with Gasteiger partial charge in [0.1, 0.15) is 11.5 Å². The molecule has 0 radical (unpaired) electrons. The van der Waals surface area contributed by atoms with Gasteiger partial charge in [-0.3, -0.25) is 15.1 Å². The third kappa shape index (κ3) is 3.19. The van der Waals surface area contributed by atoms with E-state index in [1.807, 2.05) is 61.8 Å². The maximum Gasteiger partial charge on any atom is 0.123 e. The molecule has 0 aliphatic rings. The molecule has 3 N–H and O–H groups in total. The second-order valence-electron chi connectivity index (χ2n) is 6.74. The van der Waals surface area contributed by atoms with Crippen molar-refractivity contribution in [2.45, 2.75) is 6.92 Å². The lowest BCUT2D eigenvalue weighted by molar-refractivity contribution is 1.08. The van der Waals surface area contributed by atoms with Crippen LogP contribution in [-0.2, 0) is 0 Å². The quantitative estimate of drug-likeness (QED) is 0.490. The smallest absolute Gasteiger partial charge is 0.123 e. The first kappa shape index (κ1) is 17.0. The molecule has 0 amide bonds. The minimum atomic E-state index is 0.486. The number of fused-ring (bicyclic) bond motifs is 1. The Balaban J connectivity index is 1.60. The molecule has 29 heavy (non-hydrogen) atoms. The van der Waals surface area contributed by atoms with Gasteiger partial charge in [-0.05, 0) is 49.4 Å². The fraction of sp³-hybridized carbons (Fsp3) is 0.0455. The maximum atomic E-state index is 5.69. The Labute approximate surface area is 166 Å². The molecule has 140 valence electrons. The summed E-state index contributed by atoms with van der Waals surface area (Å²) in [5, 5.41) is 7.33. The number of aromatic nitrogens is 6. The maximum absolute atomic E-state index is 5.69. The van der Waals surface area contributed by atoms with Crippen molar-refractivity contribution in [2.75, 3.05) is 5.73 Å². The van der Waals surface area contributed by atoms with Crippen LogP contribution in [0.4, 0.5) is 5.82 Å². The van der Waals surface area contributed by atoms with Crippen LogP contribution < -0.4 is 5.73 Å². The minimum absolute atomic E-state index is 0.486. The molecule has 0 spiro atoms. The second kappa shape index (κ2) is 6.79. The average Bonchev–Trinajstić information content (AvgIpc) is 3.23. The van der Waals surface area contributed by atoms with E-state index in [-0.39, 0.29) is 0 Å². The molecule has 0 atom stereocenters.